The van der Waals surface area contributed by atoms with E-state index in [1.807, 2.05) is 0 Å². The summed E-state index contributed by atoms with van der Waals surface area (Å²) in [7, 11) is 0. The van der Waals surface area contributed by atoms with Gasteiger partial charge in [-0.15, -0.1) is 0 Å². The summed E-state index contributed by atoms with van der Waals surface area (Å²) >= 11 is 0. The van der Waals surface area contributed by atoms with Crippen molar-refractivity contribution in [2.24, 2.45) is 46.3 Å². The molecule has 172 valence electrons. The number of rotatable bonds is 0. The van der Waals surface area contributed by atoms with E-state index in [-0.39, 0.29) is 34.9 Å². The van der Waals surface area contributed by atoms with Gasteiger partial charge >= 0.3 is 0 Å². The fraction of sp³-hybridized carbons (Fsp3) is 0.889. The van der Waals surface area contributed by atoms with Crippen LogP contribution in [0.4, 0.5) is 0 Å². The second-order valence-electron chi connectivity index (χ2n) is 12.6. The molecule has 2 aliphatic heterocycles. The average molecular weight is 429 g/mol. The summed E-state index contributed by atoms with van der Waals surface area (Å²) in [5.74, 6) is 2.41. The third-order valence-electron chi connectivity index (χ3n) is 11.2. The standard InChI is InChI=1S/C27H40O4/c1-15-7-10-27(30-14-15)16(2)24-22(31-27)12-21-19-6-5-17-11-18(28)8-9-25(17,3)20(19)13-23(29)26(21,24)4/h13,15-19,21-22,24,28H,5-12,14H2,1-4H3/t15-,16-,17-,18-,19-,21-,22-,24-,25-,26+,27+/m0/s1. The highest BCUT2D eigenvalue weighted by Crippen LogP contribution is 2.69. The van der Waals surface area contributed by atoms with Gasteiger partial charge in [0, 0.05) is 23.7 Å². The van der Waals surface area contributed by atoms with Gasteiger partial charge in [0.15, 0.2) is 11.6 Å². The van der Waals surface area contributed by atoms with Gasteiger partial charge in [-0.05, 0) is 80.1 Å². The Morgan fingerprint density at radius 1 is 1.06 bits per heavy atom. The van der Waals surface area contributed by atoms with Crippen molar-refractivity contribution in [1.82, 2.24) is 0 Å². The molecule has 0 aromatic carbocycles. The molecule has 2 saturated heterocycles. The Morgan fingerprint density at radius 3 is 2.61 bits per heavy atom. The maximum absolute atomic E-state index is 13.9. The second kappa shape index (κ2) is 6.67. The molecule has 2 heterocycles. The van der Waals surface area contributed by atoms with Gasteiger partial charge in [-0.25, -0.2) is 0 Å². The third kappa shape index (κ3) is 2.62. The van der Waals surface area contributed by atoms with Crippen LogP contribution in [0, 0.1) is 46.3 Å². The summed E-state index contributed by atoms with van der Waals surface area (Å²) in [6.45, 7) is 9.97. The molecule has 31 heavy (non-hydrogen) atoms. The van der Waals surface area contributed by atoms with E-state index in [1.54, 1.807) is 0 Å². The monoisotopic (exact) mass is 428 g/mol. The van der Waals surface area contributed by atoms with Crippen molar-refractivity contribution in [3.63, 3.8) is 0 Å². The summed E-state index contributed by atoms with van der Waals surface area (Å²) in [6, 6.07) is 0. The molecule has 4 nitrogen and oxygen atoms in total. The lowest BCUT2D eigenvalue weighted by Gasteiger charge is -2.56. The van der Waals surface area contributed by atoms with E-state index in [0.717, 1.165) is 45.1 Å². The van der Waals surface area contributed by atoms with Crippen LogP contribution in [0.1, 0.15) is 79.1 Å². The zero-order chi connectivity index (χ0) is 21.8. The number of aliphatic hydroxyl groups is 1. The van der Waals surface area contributed by atoms with E-state index in [1.165, 1.54) is 18.4 Å². The zero-order valence-electron chi connectivity index (χ0n) is 19.7. The first kappa shape index (κ1) is 20.9. The van der Waals surface area contributed by atoms with E-state index in [2.05, 4.69) is 33.8 Å². The number of ketones is 1. The molecule has 4 heteroatoms. The topological polar surface area (TPSA) is 55.8 Å². The summed E-state index contributed by atoms with van der Waals surface area (Å²) in [6.07, 6.45) is 10.3. The Kier molecular flexibility index (Phi) is 4.49. The fourth-order valence-electron chi connectivity index (χ4n) is 9.28. The van der Waals surface area contributed by atoms with E-state index in [4.69, 9.17) is 9.47 Å². The Labute approximate surface area is 187 Å². The number of carbonyl (C=O) groups is 1. The highest BCUT2D eigenvalue weighted by molar-refractivity contribution is 5.97. The van der Waals surface area contributed by atoms with E-state index < -0.39 is 5.79 Å². The zero-order valence-corrected chi connectivity index (χ0v) is 19.7. The Bertz CT molecular complexity index is 810. The van der Waals surface area contributed by atoms with Gasteiger partial charge in [0.25, 0.3) is 0 Å². The van der Waals surface area contributed by atoms with Crippen molar-refractivity contribution in [1.29, 1.82) is 0 Å². The fourth-order valence-corrected chi connectivity index (χ4v) is 9.28. The molecule has 3 saturated carbocycles. The number of allylic oxidation sites excluding steroid dienone is 2. The van der Waals surface area contributed by atoms with Gasteiger partial charge in [-0.3, -0.25) is 4.79 Å². The molecule has 0 radical (unpaired) electrons. The quantitative estimate of drug-likeness (QED) is 0.597. The van der Waals surface area contributed by atoms with Crippen LogP contribution in [-0.2, 0) is 14.3 Å². The minimum atomic E-state index is -0.469. The maximum atomic E-state index is 13.9. The molecule has 5 fully saturated rings. The van der Waals surface area contributed by atoms with E-state index >= 15 is 0 Å². The predicted octanol–water partition coefficient (Wildman–Crippen LogP) is 4.89. The van der Waals surface area contributed by atoms with Crippen molar-refractivity contribution in [2.45, 2.75) is 97.1 Å². The molecule has 6 rings (SSSR count). The van der Waals surface area contributed by atoms with Crippen LogP contribution in [-0.4, -0.2) is 35.5 Å². The van der Waals surface area contributed by atoms with Gasteiger partial charge in [0.2, 0.25) is 0 Å². The summed E-state index contributed by atoms with van der Waals surface area (Å²) in [5.41, 5.74) is 1.19. The lowest BCUT2D eigenvalue weighted by Crippen LogP contribution is -2.53. The highest BCUT2D eigenvalue weighted by Gasteiger charge is 2.70. The Morgan fingerprint density at radius 2 is 1.87 bits per heavy atom. The van der Waals surface area contributed by atoms with Crippen LogP contribution in [0.25, 0.3) is 0 Å². The molecule has 0 amide bonds. The molecule has 0 aromatic rings. The molecule has 11 atom stereocenters. The normalized spacial score (nSPS) is 58.4. The molecule has 6 aliphatic rings. The molecular formula is C27H40O4. The van der Waals surface area contributed by atoms with Gasteiger partial charge in [0.1, 0.15) is 0 Å². The molecule has 0 aromatic heterocycles. The molecule has 1 spiro atoms. The SMILES string of the molecule is C[C@H]1CC[C@@]2(OC1)O[C@H]1C[C@H]3[C@H]4CC[C@H]5C[C@@H](O)CC[C@]5(C)C4=CC(=O)[C@]3(C)[C@H]1[C@@H]2C. The number of ether oxygens (including phenoxy) is 2. The van der Waals surface area contributed by atoms with Crippen LogP contribution in [0.5, 0.6) is 0 Å². The van der Waals surface area contributed by atoms with Gasteiger partial charge in [-0.1, -0.05) is 33.3 Å². The Hall–Kier alpha value is -0.710. The molecule has 1 N–H and O–H groups in total. The molecule has 0 unspecified atom stereocenters. The largest absolute Gasteiger partial charge is 0.393 e. The van der Waals surface area contributed by atoms with Crippen molar-refractivity contribution in [3.8, 4) is 0 Å². The highest BCUT2D eigenvalue weighted by atomic mass is 16.7. The third-order valence-corrected chi connectivity index (χ3v) is 11.2. The van der Waals surface area contributed by atoms with Crippen LogP contribution in [0.3, 0.4) is 0 Å². The first-order valence-corrected chi connectivity index (χ1v) is 13.0. The first-order valence-electron chi connectivity index (χ1n) is 13.0. The van der Waals surface area contributed by atoms with Crippen LogP contribution < -0.4 is 0 Å². The lowest BCUT2D eigenvalue weighted by atomic mass is 9.48. The lowest BCUT2D eigenvalue weighted by molar-refractivity contribution is -0.271. The molecule has 4 aliphatic carbocycles. The van der Waals surface area contributed by atoms with Crippen molar-refractivity contribution in [2.75, 3.05) is 6.61 Å². The van der Waals surface area contributed by atoms with Crippen LogP contribution in [0.15, 0.2) is 11.6 Å². The van der Waals surface area contributed by atoms with Gasteiger partial charge < -0.3 is 14.6 Å². The first-order chi connectivity index (χ1) is 14.7. The summed E-state index contributed by atoms with van der Waals surface area (Å²) in [4.78, 5) is 13.9. The van der Waals surface area contributed by atoms with Gasteiger partial charge in [0.05, 0.1) is 18.8 Å². The number of hydrogen-bond donors (Lipinski definition) is 1. The van der Waals surface area contributed by atoms with Crippen LogP contribution >= 0.6 is 0 Å². The molecule has 0 bridgehead atoms. The minimum Gasteiger partial charge on any atom is -0.393 e. The van der Waals surface area contributed by atoms with Gasteiger partial charge in [-0.2, -0.15) is 0 Å². The number of fused-ring (bicyclic) bond motifs is 7. The smallest absolute Gasteiger partial charge is 0.171 e. The average Bonchev–Trinajstić information content (AvgIpc) is 3.18. The molecular weight excluding hydrogens is 388 g/mol. The summed E-state index contributed by atoms with van der Waals surface area (Å²) < 4.78 is 13.2. The maximum Gasteiger partial charge on any atom is 0.171 e. The van der Waals surface area contributed by atoms with E-state index in [0.29, 0.717) is 29.5 Å². The number of carbonyl (C=O) groups excluding carboxylic acids is 1. The summed E-state index contributed by atoms with van der Waals surface area (Å²) in [5, 5.41) is 10.3. The second-order valence-corrected chi connectivity index (χ2v) is 12.6. The van der Waals surface area contributed by atoms with Crippen molar-refractivity contribution >= 4 is 5.78 Å². The predicted molar refractivity (Wildman–Crippen MR) is 118 cm³/mol. The van der Waals surface area contributed by atoms with Crippen molar-refractivity contribution in [3.05, 3.63) is 11.6 Å². The number of hydrogen-bond acceptors (Lipinski definition) is 4. The van der Waals surface area contributed by atoms with Crippen LogP contribution in [0.2, 0.25) is 0 Å². The van der Waals surface area contributed by atoms with Crippen molar-refractivity contribution < 1.29 is 19.4 Å². The Balaban J connectivity index is 1.34. The number of aliphatic hydroxyl groups excluding tert-OH is 1. The van der Waals surface area contributed by atoms with E-state index in [9.17, 15) is 9.90 Å². The minimum absolute atomic E-state index is 0.0904.